The van der Waals surface area contributed by atoms with Crippen LogP contribution in [0.3, 0.4) is 0 Å². The molecule has 262 valence electrons. The van der Waals surface area contributed by atoms with Crippen LogP contribution in [-0.4, -0.2) is 15.0 Å². The van der Waals surface area contributed by atoms with E-state index in [9.17, 15) is 0 Å². The number of hydrogen-bond donors (Lipinski definition) is 0. The summed E-state index contributed by atoms with van der Waals surface area (Å²) >= 11 is 1.80. The molecule has 4 heteroatoms. The molecular weight excluding hydrogens is 699 g/mol. The van der Waals surface area contributed by atoms with Gasteiger partial charge in [-0.2, -0.15) is 0 Å². The van der Waals surface area contributed by atoms with Crippen molar-refractivity contribution < 1.29 is 0 Å². The molecule has 0 saturated heterocycles. The summed E-state index contributed by atoms with van der Waals surface area (Å²) in [6.45, 7) is 0. The smallest absolute Gasteiger partial charge is 0.164 e. The molecule has 3 nitrogen and oxygen atoms in total. The van der Waals surface area contributed by atoms with Crippen LogP contribution in [0.4, 0.5) is 0 Å². The molecule has 11 rings (SSSR count). The molecule has 1 aliphatic rings. The summed E-state index contributed by atoms with van der Waals surface area (Å²) in [5.41, 5.74) is 11.9. The SMILES string of the molecule is c1ccc(-c2cccc(-c3nc(-c4ccc5c(c4)sc4ccccc45)nc(-c4cccc5c4-c4ccccc4C5(c4ccccc4)c4ccccc4)n3)c2)cc1. The summed E-state index contributed by atoms with van der Waals surface area (Å²) in [6, 6.07) is 71.5. The van der Waals surface area contributed by atoms with Crippen molar-refractivity contribution in [3.63, 3.8) is 0 Å². The molecule has 0 unspecified atom stereocenters. The van der Waals surface area contributed by atoms with Gasteiger partial charge < -0.3 is 0 Å². The van der Waals surface area contributed by atoms with Crippen LogP contribution in [-0.2, 0) is 5.41 Å². The molecule has 1 aliphatic carbocycles. The third-order valence-corrected chi connectivity index (χ3v) is 12.4. The summed E-state index contributed by atoms with van der Waals surface area (Å²) in [5, 5.41) is 2.52. The Morgan fingerprint density at radius 3 is 1.64 bits per heavy atom. The largest absolute Gasteiger partial charge is 0.208 e. The zero-order chi connectivity index (χ0) is 37.1. The van der Waals surface area contributed by atoms with E-state index in [2.05, 4.69) is 194 Å². The third-order valence-electron chi connectivity index (χ3n) is 11.2. The predicted molar refractivity (Wildman–Crippen MR) is 232 cm³/mol. The van der Waals surface area contributed by atoms with Crippen LogP contribution in [0.15, 0.2) is 200 Å². The van der Waals surface area contributed by atoms with Crippen LogP contribution in [0.2, 0.25) is 0 Å². The van der Waals surface area contributed by atoms with Gasteiger partial charge in [0.25, 0.3) is 0 Å². The number of aromatic nitrogens is 3. The Balaban J connectivity index is 1.17. The maximum Gasteiger partial charge on any atom is 0.164 e. The molecule has 2 heterocycles. The van der Waals surface area contributed by atoms with Gasteiger partial charge in [0.05, 0.1) is 5.41 Å². The first kappa shape index (κ1) is 32.4. The van der Waals surface area contributed by atoms with E-state index in [0.29, 0.717) is 17.5 Å². The summed E-state index contributed by atoms with van der Waals surface area (Å²) in [4.78, 5) is 16.0. The van der Waals surface area contributed by atoms with E-state index < -0.39 is 5.41 Å². The van der Waals surface area contributed by atoms with Crippen molar-refractivity contribution in [2.24, 2.45) is 0 Å². The van der Waals surface area contributed by atoms with E-state index in [1.807, 2.05) is 6.07 Å². The van der Waals surface area contributed by atoms with E-state index in [1.54, 1.807) is 11.3 Å². The van der Waals surface area contributed by atoms with E-state index in [4.69, 9.17) is 15.0 Å². The molecule has 0 spiro atoms. The van der Waals surface area contributed by atoms with Gasteiger partial charge in [-0.05, 0) is 62.7 Å². The lowest BCUT2D eigenvalue weighted by molar-refractivity contribution is 0.768. The van der Waals surface area contributed by atoms with Gasteiger partial charge in [-0.3, -0.25) is 0 Å². The molecule has 0 atom stereocenters. The standard InChI is InChI=1S/C52H33N3S/c1-4-16-34(17-5-1)35-18-14-19-36(32-35)49-53-50(37-30-31-41-40-24-11-13-29-46(40)56-47(41)33-37)55-51(54-49)43-26-15-28-45-48(43)42-25-10-12-27-44(42)52(45,38-20-6-2-7-21-38)39-22-8-3-9-23-39/h1-33H. The zero-order valence-corrected chi connectivity index (χ0v) is 31.1. The predicted octanol–water partition coefficient (Wildman–Crippen LogP) is 13.3. The molecule has 0 aliphatic heterocycles. The Morgan fingerprint density at radius 2 is 0.875 bits per heavy atom. The normalized spacial score (nSPS) is 12.8. The molecule has 0 fully saturated rings. The van der Waals surface area contributed by atoms with Crippen molar-refractivity contribution in [2.45, 2.75) is 5.41 Å². The van der Waals surface area contributed by atoms with E-state index in [1.165, 1.54) is 48.0 Å². The molecule has 0 N–H and O–H groups in total. The highest BCUT2D eigenvalue weighted by Gasteiger charge is 2.47. The Labute approximate surface area is 329 Å². The van der Waals surface area contributed by atoms with Crippen LogP contribution in [0.25, 0.3) is 76.6 Å². The van der Waals surface area contributed by atoms with Gasteiger partial charge in [0.1, 0.15) is 0 Å². The van der Waals surface area contributed by atoms with Gasteiger partial charge >= 0.3 is 0 Å². The highest BCUT2D eigenvalue weighted by atomic mass is 32.1. The topological polar surface area (TPSA) is 38.7 Å². The van der Waals surface area contributed by atoms with Crippen LogP contribution >= 0.6 is 11.3 Å². The fourth-order valence-corrected chi connectivity index (χ4v) is 9.91. The summed E-state index contributed by atoms with van der Waals surface area (Å²) < 4.78 is 2.48. The maximum atomic E-state index is 5.37. The Hall–Kier alpha value is -7.01. The van der Waals surface area contributed by atoms with Crippen molar-refractivity contribution in [3.8, 4) is 56.4 Å². The molecular formula is C52H33N3S. The second kappa shape index (κ2) is 13.1. The average molecular weight is 732 g/mol. The van der Waals surface area contributed by atoms with Crippen molar-refractivity contribution in [1.29, 1.82) is 0 Å². The number of benzene rings is 8. The average Bonchev–Trinajstić information content (AvgIpc) is 3.81. The summed E-state index contributed by atoms with van der Waals surface area (Å²) in [7, 11) is 0. The van der Waals surface area contributed by atoms with Crippen LogP contribution in [0.5, 0.6) is 0 Å². The number of rotatable bonds is 6. The van der Waals surface area contributed by atoms with E-state index in [0.717, 1.165) is 33.4 Å². The number of nitrogens with zero attached hydrogens (tertiary/aromatic N) is 3. The first-order chi connectivity index (χ1) is 27.8. The fraction of sp³-hybridized carbons (Fsp3) is 0.0192. The Kier molecular flexibility index (Phi) is 7.58. The first-order valence-corrected chi connectivity index (χ1v) is 19.8. The zero-order valence-electron chi connectivity index (χ0n) is 30.3. The molecule has 0 saturated carbocycles. The molecule has 56 heavy (non-hydrogen) atoms. The lowest BCUT2D eigenvalue weighted by Crippen LogP contribution is -2.28. The number of fused-ring (bicyclic) bond motifs is 6. The second-order valence-corrected chi connectivity index (χ2v) is 15.4. The molecule has 0 amide bonds. The lowest BCUT2D eigenvalue weighted by atomic mass is 9.67. The minimum atomic E-state index is -0.528. The fourth-order valence-electron chi connectivity index (χ4n) is 8.77. The van der Waals surface area contributed by atoms with Crippen molar-refractivity contribution >= 4 is 31.5 Å². The second-order valence-electron chi connectivity index (χ2n) is 14.3. The van der Waals surface area contributed by atoms with Crippen LogP contribution in [0, 0.1) is 0 Å². The van der Waals surface area contributed by atoms with Gasteiger partial charge in [-0.15, -0.1) is 11.3 Å². The molecule has 10 aromatic rings. The summed E-state index contributed by atoms with van der Waals surface area (Å²) in [5.74, 6) is 1.94. The highest BCUT2D eigenvalue weighted by Crippen LogP contribution is 2.58. The van der Waals surface area contributed by atoms with Gasteiger partial charge in [-0.25, -0.2) is 15.0 Å². The van der Waals surface area contributed by atoms with Gasteiger partial charge in [-0.1, -0.05) is 182 Å². The minimum absolute atomic E-state index is 0.528. The number of hydrogen-bond acceptors (Lipinski definition) is 4. The maximum absolute atomic E-state index is 5.37. The number of thiophene rings is 1. The Morgan fingerprint density at radius 1 is 0.339 bits per heavy atom. The quantitative estimate of drug-likeness (QED) is 0.171. The molecule has 0 radical (unpaired) electrons. The minimum Gasteiger partial charge on any atom is -0.208 e. The monoisotopic (exact) mass is 731 g/mol. The van der Waals surface area contributed by atoms with E-state index >= 15 is 0 Å². The van der Waals surface area contributed by atoms with Crippen molar-refractivity contribution in [3.05, 3.63) is 222 Å². The van der Waals surface area contributed by atoms with Crippen molar-refractivity contribution in [1.82, 2.24) is 15.0 Å². The van der Waals surface area contributed by atoms with Crippen LogP contribution < -0.4 is 0 Å². The van der Waals surface area contributed by atoms with Gasteiger partial charge in [0.2, 0.25) is 0 Å². The third kappa shape index (κ3) is 5.07. The van der Waals surface area contributed by atoms with Gasteiger partial charge in [0, 0.05) is 36.9 Å². The molecule has 2 aromatic heterocycles. The Bertz CT molecular complexity index is 3040. The summed E-state index contributed by atoms with van der Waals surface area (Å²) in [6.07, 6.45) is 0. The van der Waals surface area contributed by atoms with Crippen molar-refractivity contribution in [2.75, 3.05) is 0 Å². The van der Waals surface area contributed by atoms with E-state index in [-0.39, 0.29) is 0 Å². The van der Waals surface area contributed by atoms with Crippen LogP contribution in [0.1, 0.15) is 22.3 Å². The molecule has 0 bridgehead atoms. The highest BCUT2D eigenvalue weighted by molar-refractivity contribution is 7.25. The lowest BCUT2D eigenvalue weighted by Gasteiger charge is -2.33. The first-order valence-electron chi connectivity index (χ1n) is 18.9. The van der Waals surface area contributed by atoms with Gasteiger partial charge in [0.15, 0.2) is 17.5 Å². The molecule has 8 aromatic carbocycles.